The van der Waals surface area contributed by atoms with Crippen molar-refractivity contribution in [2.24, 2.45) is 5.92 Å². The van der Waals surface area contributed by atoms with E-state index in [2.05, 4.69) is 10.00 Å². The molecule has 3 aromatic rings. The molecule has 27 heavy (non-hydrogen) atoms. The molecule has 1 aliphatic rings. The van der Waals surface area contributed by atoms with Gasteiger partial charge in [-0.05, 0) is 61.7 Å². The van der Waals surface area contributed by atoms with Gasteiger partial charge in [-0.1, -0.05) is 18.2 Å². The molecule has 0 saturated carbocycles. The normalized spacial score (nSPS) is 17.4. The maximum atomic E-state index is 13.0. The summed E-state index contributed by atoms with van der Waals surface area (Å²) in [5.74, 6) is -0.118. The summed E-state index contributed by atoms with van der Waals surface area (Å²) < 4.78 is 16.1. The van der Waals surface area contributed by atoms with Gasteiger partial charge < -0.3 is 10.0 Å². The molecular formula is C20H23FN4O2. The van der Waals surface area contributed by atoms with Gasteiger partial charge in [0.05, 0.1) is 12.6 Å². The first-order valence-electron chi connectivity index (χ1n) is 9.32. The largest absolute Gasteiger partial charge is 0.388 e. The van der Waals surface area contributed by atoms with Crippen molar-refractivity contribution in [1.29, 1.82) is 0 Å². The van der Waals surface area contributed by atoms with Crippen LogP contribution in [0, 0.1) is 11.7 Å². The summed E-state index contributed by atoms with van der Waals surface area (Å²) in [5.41, 5.74) is 1.31. The zero-order chi connectivity index (χ0) is 18.8. The minimum atomic E-state index is -0.561. The number of rotatable bonds is 5. The predicted molar refractivity (Wildman–Crippen MR) is 100.0 cm³/mol. The maximum Gasteiger partial charge on any atom is 0.350 e. The molecule has 1 fully saturated rings. The van der Waals surface area contributed by atoms with E-state index in [-0.39, 0.29) is 17.4 Å². The third kappa shape index (κ3) is 3.79. The van der Waals surface area contributed by atoms with Crippen LogP contribution >= 0.6 is 0 Å². The number of pyridine rings is 1. The maximum absolute atomic E-state index is 13.0. The Kier molecular flexibility index (Phi) is 5.05. The molecule has 1 unspecified atom stereocenters. The van der Waals surface area contributed by atoms with Crippen LogP contribution in [0.3, 0.4) is 0 Å². The Bertz CT molecular complexity index is 958. The monoisotopic (exact) mass is 370 g/mol. The summed E-state index contributed by atoms with van der Waals surface area (Å²) >= 11 is 0. The van der Waals surface area contributed by atoms with Crippen LogP contribution in [0.25, 0.3) is 5.65 Å². The number of hydrogen-bond acceptors (Lipinski definition) is 4. The molecule has 0 spiro atoms. The van der Waals surface area contributed by atoms with Crippen LogP contribution < -0.4 is 5.69 Å². The average molecular weight is 370 g/mol. The predicted octanol–water partition coefficient (Wildman–Crippen LogP) is 2.08. The molecule has 0 bridgehead atoms. The topological polar surface area (TPSA) is 62.8 Å². The summed E-state index contributed by atoms with van der Waals surface area (Å²) in [6.07, 6.45) is 2.91. The number of halogens is 1. The van der Waals surface area contributed by atoms with Crippen LogP contribution in [-0.2, 0) is 6.54 Å². The first-order chi connectivity index (χ1) is 13.1. The Morgan fingerprint density at radius 2 is 1.85 bits per heavy atom. The van der Waals surface area contributed by atoms with Gasteiger partial charge in [-0.3, -0.25) is 4.40 Å². The average Bonchev–Trinajstić information content (AvgIpc) is 3.03. The number of likely N-dealkylation sites (tertiary alicyclic amines) is 1. The van der Waals surface area contributed by atoms with Crippen molar-refractivity contribution >= 4 is 5.65 Å². The summed E-state index contributed by atoms with van der Waals surface area (Å²) in [6, 6.07) is 11.6. The molecule has 1 N–H and O–H groups in total. The molecule has 0 aliphatic carbocycles. The number of piperidine rings is 1. The third-order valence-electron chi connectivity index (χ3n) is 5.41. The summed E-state index contributed by atoms with van der Waals surface area (Å²) in [5, 5.41) is 14.9. The van der Waals surface area contributed by atoms with Crippen LogP contribution in [0.15, 0.2) is 53.5 Å². The van der Waals surface area contributed by atoms with Crippen molar-refractivity contribution in [3.05, 3.63) is 70.5 Å². The van der Waals surface area contributed by atoms with Crippen molar-refractivity contribution < 1.29 is 9.50 Å². The van der Waals surface area contributed by atoms with E-state index in [9.17, 15) is 14.3 Å². The van der Waals surface area contributed by atoms with Gasteiger partial charge in [-0.25, -0.2) is 13.9 Å². The fourth-order valence-corrected chi connectivity index (χ4v) is 3.77. The molecule has 4 rings (SSSR count). The van der Waals surface area contributed by atoms with Gasteiger partial charge in [0.1, 0.15) is 5.82 Å². The van der Waals surface area contributed by atoms with Gasteiger partial charge in [0.2, 0.25) is 0 Å². The van der Waals surface area contributed by atoms with Crippen molar-refractivity contribution in [3.8, 4) is 0 Å². The lowest BCUT2D eigenvalue weighted by molar-refractivity contribution is 0.0575. The summed E-state index contributed by atoms with van der Waals surface area (Å²) in [4.78, 5) is 14.6. The van der Waals surface area contributed by atoms with Crippen molar-refractivity contribution in [2.75, 3.05) is 19.6 Å². The van der Waals surface area contributed by atoms with E-state index >= 15 is 0 Å². The van der Waals surface area contributed by atoms with E-state index in [1.54, 1.807) is 22.7 Å². The van der Waals surface area contributed by atoms with E-state index < -0.39 is 6.10 Å². The highest BCUT2D eigenvalue weighted by Gasteiger charge is 2.26. The van der Waals surface area contributed by atoms with Gasteiger partial charge in [0.25, 0.3) is 0 Å². The van der Waals surface area contributed by atoms with Gasteiger partial charge in [0.15, 0.2) is 5.65 Å². The number of hydrogen-bond donors (Lipinski definition) is 1. The Morgan fingerprint density at radius 1 is 1.11 bits per heavy atom. The van der Waals surface area contributed by atoms with E-state index in [4.69, 9.17) is 0 Å². The van der Waals surface area contributed by atoms with Crippen molar-refractivity contribution in [2.45, 2.75) is 25.5 Å². The number of benzene rings is 1. The highest BCUT2D eigenvalue weighted by molar-refractivity contribution is 5.35. The number of aromatic nitrogens is 3. The molecule has 1 aromatic carbocycles. The lowest BCUT2D eigenvalue weighted by Gasteiger charge is -2.34. The van der Waals surface area contributed by atoms with Crippen LogP contribution in [0.5, 0.6) is 0 Å². The first kappa shape index (κ1) is 17.9. The SMILES string of the molecule is O=c1n(CCN2CCC(C(O)c3ccc(F)cc3)CC2)nc2ccccn12. The molecule has 0 radical (unpaired) electrons. The van der Waals surface area contributed by atoms with Crippen LogP contribution in [0.4, 0.5) is 4.39 Å². The summed E-state index contributed by atoms with van der Waals surface area (Å²) in [6.45, 7) is 3.03. The van der Waals surface area contributed by atoms with Gasteiger partial charge in [0, 0.05) is 12.7 Å². The van der Waals surface area contributed by atoms with Crippen LogP contribution in [-0.4, -0.2) is 43.8 Å². The van der Waals surface area contributed by atoms with Crippen molar-refractivity contribution in [1.82, 2.24) is 19.1 Å². The Hall–Kier alpha value is -2.51. The van der Waals surface area contributed by atoms with Gasteiger partial charge in [-0.2, -0.15) is 0 Å². The highest BCUT2D eigenvalue weighted by Crippen LogP contribution is 2.30. The lowest BCUT2D eigenvalue weighted by atomic mass is 9.87. The second-order valence-corrected chi connectivity index (χ2v) is 7.11. The molecule has 1 saturated heterocycles. The Morgan fingerprint density at radius 3 is 2.56 bits per heavy atom. The van der Waals surface area contributed by atoms with E-state index in [0.717, 1.165) is 38.0 Å². The Balaban J connectivity index is 1.32. The molecule has 3 heterocycles. The fraction of sp³-hybridized carbons (Fsp3) is 0.400. The summed E-state index contributed by atoms with van der Waals surface area (Å²) in [7, 11) is 0. The van der Waals surface area contributed by atoms with Crippen molar-refractivity contribution in [3.63, 3.8) is 0 Å². The quantitative estimate of drug-likeness (QED) is 0.747. The molecule has 7 heteroatoms. The molecule has 1 atom stereocenters. The van der Waals surface area contributed by atoms with E-state index in [1.807, 2.05) is 18.2 Å². The smallest absolute Gasteiger partial charge is 0.350 e. The molecular weight excluding hydrogens is 347 g/mol. The van der Waals surface area contributed by atoms with Gasteiger partial charge >= 0.3 is 5.69 Å². The number of nitrogens with zero attached hydrogens (tertiary/aromatic N) is 4. The van der Waals surface area contributed by atoms with Crippen LogP contribution in [0.1, 0.15) is 24.5 Å². The number of aliphatic hydroxyl groups is 1. The highest BCUT2D eigenvalue weighted by atomic mass is 19.1. The standard InChI is InChI=1S/C20H23FN4O2/c21-17-6-4-15(5-7-17)19(26)16-8-11-23(12-9-16)13-14-25-20(27)24-10-2-1-3-18(24)22-25/h1-7,10,16,19,26H,8-9,11-14H2. The van der Waals surface area contributed by atoms with Gasteiger partial charge in [-0.15, -0.1) is 5.10 Å². The first-order valence-corrected chi connectivity index (χ1v) is 9.32. The second kappa shape index (κ2) is 7.62. The molecule has 2 aromatic heterocycles. The third-order valence-corrected chi connectivity index (χ3v) is 5.41. The molecule has 1 aliphatic heterocycles. The molecule has 6 nitrogen and oxygen atoms in total. The minimum Gasteiger partial charge on any atom is -0.388 e. The van der Waals surface area contributed by atoms with E-state index in [1.165, 1.54) is 16.8 Å². The van der Waals surface area contributed by atoms with E-state index in [0.29, 0.717) is 12.2 Å². The number of fused-ring (bicyclic) bond motifs is 1. The lowest BCUT2D eigenvalue weighted by Crippen LogP contribution is -2.38. The second-order valence-electron chi connectivity index (χ2n) is 7.11. The number of aliphatic hydroxyl groups excluding tert-OH is 1. The van der Waals surface area contributed by atoms with Crippen LogP contribution in [0.2, 0.25) is 0 Å². The Labute approximate surface area is 156 Å². The molecule has 142 valence electrons. The zero-order valence-corrected chi connectivity index (χ0v) is 15.0. The zero-order valence-electron chi connectivity index (χ0n) is 15.0. The minimum absolute atomic E-state index is 0.118. The molecule has 0 amide bonds. The fourth-order valence-electron chi connectivity index (χ4n) is 3.77.